The highest BCUT2D eigenvalue weighted by atomic mass is 16.7. The minimum atomic E-state index is -0.383. The molecule has 0 unspecified atom stereocenters. The molecule has 0 fully saturated rings. The molecule has 0 aliphatic rings. The third-order valence-corrected chi connectivity index (χ3v) is 1.29. The fourth-order valence-corrected chi connectivity index (χ4v) is 0.743. The second kappa shape index (κ2) is 9.53. The molecular formula is C10H18O3. The Morgan fingerprint density at radius 2 is 1.77 bits per heavy atom. The third kappa shape index (κ3) is 7.79. The highest BCUT2D eigenvalue weighted by Gasteiger charge is 2.00. The van der Waals surface area contributed by atoms with E-state index >= 15 is 0 Å². The number of methoxy groups -OCH3 is 1. The van der Waals surface area contributed by atoms with Gasteiger partial charge in [0.2, 0.25) is 6.29 Å². The summed E-state index contributed by atoms with van der Waals surface area (Å²) < 4.78 is 15.3. The average molecular weight is 186 g/mol. The molecule has 0 saturated carbocycles. The Balaban J connectivity index is 3.68. The van der Waals surface area contributed by atoms with Crippen LogP contribution in [-0.2, 0) is 14.2 Å². The van der Waals surface area contributed by atoms with Gasteiger partial charge in [0.15, 0.2) is 0 Å². The van der Waals surface area contributed by atoms with Gasteiger partial charge in [0.05, 0.1) is 6.61 Å². The zero-order valence-electron chi connectivity index (χ0n) is 8.63. The number of hydrogen-bond donors (Lipinski definition) is 0. The average Bonchev–Trinajstić information content (AvgIpc) is 2.13. The number of hydrogen-bond acceptors (Lipinski definition) is 3. The first-order valence-corrected chi connectivity index (χ1v) is 4.55. The van der Waals surface area contributed by atoms with Gasteiger partial charge in [-0.25, -0.2) is 0 Å². The van der Waals surface area contributed by atoms with Gasteiger partial charge < -0.3 is 14.2 Å². The maximum atomic E-state index is 5.23. The lowest BCUT2D eigenvalue weighted by Crippen LogP contribution is -2.14. The first-order valence-electron chi connectivity index (χ1n) is 4.55. The number of rotatable bonds is 6. The molecule has 0 radical (unpaired) electrons. The molecule has 0 N–H and O–H groups in total. The van der Waals surface area contributed by atoms with Gasteiger partial charge in [0.25, 0.3) is 0 Å². The van der Waals surface area contributed by atoms with Crippen molar-refractivity contribution in [1.29, 1.82) is 0 Å². The standard InChI is InChI=1S/C10H18O3/c1-4-12-10(13-5-2)8-6-7-9-11-3/h10H,4-5,7,9H2,1-3H3. The molecule has 3 nitrogen and oxygen atoms in total. The quantitative estimate of drug-likeness (QED) is 0.357. The molecule has 13 heavy (non-hydrogen) atoms. The molecule has 0 spiro atoms. The Bertz CT molecular complexity index is 151. The zero-order chi connectivity index (χ0) is 9.94. The summed E-state index contributed by atoms with van der Waals surface area (Å²) in [5.74, 6) is 5.81. The van der Waals surface area contributed by atoms with Crippen molar-refractivity contribution < 1.29 is 14.2 Å². The largest absolute Gasteiger partial charge is 0.384 e. The van der Waals surface area contributed by atoms with Crippen molar-refractivity contribution >= 4 is 0 Å². The monoisotopic (exact) mass is 186 g/mol. The van der Waals surface area contributed by atoms with Crippen molar-refractivity contribution in [3.05, 3.63) is 0 Å². The van der Waals surface area contributed by atoms with Crippen LogP contribution in [0.1, 0.15) is 20.3 Å². The van der Waals surface area contributed by atoms with E-state index in [1.807, 2.05) is 13.8 Å². The van der Waals surface area contributed by atoms with Gasteiger partial charge in [-0.05, 0) is 19.8 Å². The minimum Gasteiger partial charge on any atom is -0.384 e. The summed E-state index contributed by atoms with van der Waals surface area (Å²) in [6.07, 6.45) is 0.333. The molecule has 76 valence electrons. The van der Waals surface area contributed by atoms with E-state index in [4.69, 9.17) is 14.2 Å². The van der Waals surface area contributed by atoms with Crippen LogP contribution < -0.4 is 0 Å². The second-order valence-electron chi connectivity index (χ2n) is 2.31. The van der Waals surface area contributed by atoms with Crippen molar-refractivity contribution in [2.75, 3.05) is 26.9 Å². The summed E-state index contributed by atoms with van der Waals surface area (Å²) in [6.45, 7) is 5.72. The van der Waals surface area contributed by atoms with Gasteiger partial charge >= 0.3 is 0 Å². The van der Waals surface area contributed by atoms with Gasteiger partial charge in [-0.2, -0.15) is 0 Å². The molecule has 0 atom stereocenters. The van der Waals surface area contributed by atoms with E-state index in [9.17, 15) is 0 Å². The van der Waals surface area contributed by atoms with Crippen LogP contribution >= 0.6 is 0 Å². The third-order valence-electron chi connectivity index (χ3n) is 1.29. The maximum Gasteiger partial charge on any atom is 0.222 e. The van der Waals surface area contributed by atoms with Gasteiger partial charge in [-0.1, -0.05) is 5.92 Å². The fourth-order valence-electron chi connectivity index (χ4n) is 0.743. The van der Waals surface area contributed by atoms with Crippen molar-refractivity contribution in [1.82, 2.24) is 0 Å². The normalized spacial score (nSPS) is 9.85. The molecule has 0 amide bonds. The summed E-state index contributed by atoms with van der Waals surface area (Å²) in [4.78, 5) is 0. The van der Waals surface area contributed by atoms with Crippen LogP contribution in [0.3, 0.4) is 0 Å². The molecular weight excluding hydrogens is 168 g/mol. The van der Waals surface area contributed by atoms with Crippen LogP contribution in [0.4, 0.5) is 0 Å². The highest BCUT2D eigenvalue weighted by Crippen LogP contribution is 1.92. The van der Waals surface area contributed by atoms with Crippen LogP contribution in [0.15, 0.2) is 0 Å². The van der Waals surface area contributed by atoms with E-state index < -0.39 is 0 Å². The van der Waals surface area contributed by atoms with E-state index in [0.29, 0.717) is 26.2 Å². The van der Waals surface area contributed by atoms with E-state index in [0.717, 1.165) is 0 Å². The summed E-state index contributed by atoms with van der Waals surface area (Å²) in [7, 11) is 1.66. The summed E-state index contributed by atoms with van der Waals surface area (Å²) in [5, 5.41) is 0. The SMILES string of the molecule is CCOC(C#CCCOC)OCC. The van der Waals surface area contributed by atoms with Crippen LogP contribution in [0.2, 0.25) is 0 Å². The maximum absolute atomic E-state index is 5.23. The van der Waals surface area contributed by atoms with Crippen molar-refractivity contribution in [3.8, 4) is 11.8 Å². The van der Waals surface area contributed by atoms with Crippen LogP contribution in [-0.4, -0.2) is 33.2 Å². The Morgan fingerprint density at radius 1 is 1.15 bits per heavy atom. The Morgan fingerprint density at radius 3 is 2.23 bits per heavy atom. The predicted octanol–water partition coefficient (Wildman–Crippen LogP) is 1.43. The van der Waals surface area contributed by atoms with Crippen molar-refractivity contribution in [3.63, 3.8) is 0 Å². The second-order valence-corrected chi connectivity index (χ2v) is 2.31. The molecule has 3 heteroatoms. The van der Waals surface area contributed by atoms with Crippen LogP contribution in [0.5, 0.6) is 0 Å². The molecule has 0 bridgehead atoms. The molecule has 0 aliphatic heterocycles. The Hall–Kier alpha value is -0.560. The topological polar surface area (TPSA) is 27.7 Å². The molecule has 0 saturated heterocycles. The summed E-state index contributed by atoms with van der Waals surface area (Å²) >= 11 is 0. The van der Waals surface area contributed by atoms with Gasteiger partial charge in [0, 0.05) is 26.7 Å². The number of ether oxygens (including phenoxy) is 3. The summed E-state index contributed by atoms with van der Waals surface area (Å²) in [5.41, 5.74) is 0. The van der Waals surface area contributed by atoms with Crippen molar-refractivity contribution in [2.24, 2.45) is 0 Å². The van der Waals surface area contributed by atoms with E-state index in [1.54, 1.807) is 7.11 Å². The lowest BCUT2D eigenvalue weighted by molar-refractivity contribution is -0.0970. The molecule has 0 aromatic carbocycles. The predicted molar refractivity (Wildman–Crippen MR) is 51.3 cm³/mol. The molecule has 0 aromatic rings. The first kappa shape index (κ1) is 12.4. The first-order chi connectivity index (χ1) is 6.35. The lowest BCUT2D eigenvalue weighted by atomic mass is 10.4. The van der Waals surface area contributed by atoms with Gasteiger partial charge in [-0.15, -0.1) is 0 Å². The fraction of sp³-hybridized carbons (Fsp3) is 0.800. The lowest BCUT2D eigenvalue weighted by Gasteiger charge is -2.09. The molecule has 0 aliphatic carbocycles. The van der Waals surface area contributed by atoms with E-state index in [1.165, 1.54) is 0 Å². The van der Waals surface area contributed by atoms with Crippen molar-refractivity contribution in [2.45, 2.75) is 26.6 Å². The Labute approximate surface area is 80.4 Å². The molecule has 0 aromatic heterocycles. The smallest absolute Gasteiger partial charge is 0.222 e. The van der Waals surface area contributed by atoms with Gasteiger partial charge in [-0.3, -0.25) is 0 Å². The van der Waals surface area contributed by atoms with Gasteiger partial charge in [0.1, 0.15) is 0 Å². The highest BCUT2D eigenvalue weighted by molar-refractivity contribution is 5.02. The van der Waals surface area contributed by atoms with Crippen LogP contribution in [0, 0.1) is 11.8 Å². The summed E-state index contributed by atoms with van der Waals surface area (Å²) in [6, 6.07) is 0. The molecule has 0 heterocycles. The Kier molecular flexibility index (Phi) is 9.12. The van der Waals surface area contributed by atoms with Crippen LogP contribution in [0.25, 0.3) is 0 Å². The van der Waals surface area contributed by atoms with E-state index in [2.05, 4.69) is 11.8 Å². The molecule has 0 rings (SSSR count). The van der Waals surface area contributed by atoms with E-state index in [-0.39, 0.29) is 6.29 Å². The minimum absolute atomic E-state index is 0.383. The zero-order valence-corrected chi connectivity index (χ0v) is 8.63.